The highest BCUT2D eigenvalue weighted by Gasteiger charge is 2.43. The van der Waals surface area contributed by atoms with E-state index in [1.165, 1.54) is 12.1 Å². The Balaban J connectivity index is 1.34. The van der Waals surface area contributed by atoms with E-state index < -0.39 is 0 Å². The summed E-state index contributed by atoms with van der Waals surface area (Å²) in [5.74, 6) is 0.784. The average Bonchev–Trinajstić information content (AvgIpc) is 3.60. The molecule has 1 aliphatic heterocycles. The van der Waals surface area contributed by atoms with Crippen LogP contribution in [-0.2, 0) is 10.3 Å². The van der Waals surface area contributed by atoms with Crippen molar-refractivity contribution in [1.29, 1.82) is 5.26 Å². The minimum absolute atomic E-state index is 0.104. The number of nitrogens with zero attached hydrogens (tertiary/aromatic N) is 4. The number of hydrogen-bond acceptors (Lipinski definition) is 5. The Labute approximate surface area is 189 Å². The molecule has 2 aromatic rings. The van der Waals surface area contributed by atoms with Gasteiger partial charge in [-0.1, -0.05) is 19.1 Å². The molecule has 1 N–H and O–H groups in total. The number of pyridine rings is 1. The number of amides is 1. The summed E-state index contributed by atoms with van der Waals surface area (Å²) in [5, 5.41) is 12.6. The Morgan fingerprint density at radius 1 is 1.25 bits per heavy atom. The molecular formula is C25H30FN5O. The summed E-state index contributed by atoms with van der Waals surface area (Å²) in [5.41, 5.74) is 1.53. The van der Waals surface area contributed by atoms with Crippen LogP contribution in [0.15, 0.2) is 42.6 Å². The molecule has 2 aliphatic rings. The smallest absolute Gasteiger partial charge is 0.223 e. The first-order valence-electron chi connectivity index (χ1n) is 11.4. The molecule has 2 fully saturated rings. The maximum Gasteiger partial charge on any atom is 0.223 e. The first kappa shape index (κ1) is 22.2. The fourth-order valence-electron chi connectivity index (χ4n) is 4.76. The van der Waals surface area contributed by atoms with Gasteiger partial charge in [-0.2, -0.15) is 5.26 Å². The van der Waals surface area contributed by atoms with Gasteiger partial charge >= 0.3 is 0 Å². The molecule has 2 heterocycles. The molecule has 6 nitrogen and oxygen atoms in total. The van der Waals surface area contributed by atoms with Gasteiger partial charge in [-0.25, -0.2) is 9.37 Å². The Hall–Kier alpha value is -2.98. The maximum absolute atomic E-state index is 13.2. The van der Waals surface area contributed by atoms with Crippen molar-refractivity contribution in [1.82, 2.24) is 15.2 Å². The lowest BCUT2D eigenvalue weighted by Crippen LogP contribution is -2.59. The van der Waals surface area contributed by atoms with Gasteiger partial charge < -0.3 is 15.1 Å². The lowest BCUT2D eigenvalue weighted by molar-refractivity contribution is -0.132. The predicted molar refractivity (Wildman–Crippen MR) is 121 cm³/mol. The minimum atomic E-state index is -0.227. The van der Waals surface area contributed by atoms with E-state index in [-0.39, 0.29) is 29.3 Å². The predicted octanol–water partition coefficient (Wildman–Crippen LogP) is 3.58. The van der Waals surface area contributed by atoms with Crippen molar-refractivity contribution >= 4 is 11.7 Å². The number of carbonyl (C=O) groups excluding carboxylic acids is 1. The number of anilines is 1. The molecule has 0 bridgehead atoms. The molecule has 2 atom stereocenters. The molecule has 168 valence electrons. The zero-order valence-electron chi connectivity index (χ0n) is 18.7. The summed E-state index contributed by atoms with van der Waals surface area (Å²) in [6.45, 7) is 6.18. The monoisotopic (exact) mass is 435 g/mol. The zero-order valence-corrected chi connectivity index (χ0v) is 18.7. The fraction of sp³-hybridized carbons (Fsp3) is 0.480. The summed E-state index contributed by atoms with van der Waals surface area (Å²) >= 11 is 0. The normalized spacial score (nSPS) is 21.8. The standard InChI is InChI=1S/C25H30FN5O/c1-3-22-17-30(16-18(2)31(22)23-9-4-19(14-27)15-28-23)24(32)10-13-29-25(11-12-25)20-5-7-21(26)8-6-20/h4-9,15,18,22,29H,3,10-13,16-17H2,1-2H3. The number of rotatable bonds is 7. The van der Waals surface area contributed by atoms with Gasteiger partial charge in [-0.05, 0) is 56.0 Å². The second-order valence-corrected chi connectivity index (χ2v) is 8.90. The van der Waals surface area contributed by atoms with Crippen LogP contribution in [0.5, 0.6) is 0 Å². The van der Waals surface area contributed by atoms with Crippen LogP contribution in [0.4, 0.5) is 10.2 Å². The second kappa shape index (κ2) is 9.25. The number of nitrogens with one attached hydrogen (secondary N) is 1. The van der Waals surface area contributed by atoms with Crippen LogP contribution in [-0.4, -0.2) is 47.5 Å². The fourth-order valence-corrected chi connectivity index (χ4v) is 4.76. The molecule has 7 heteroatoms. The van der Waals surface area contributed by atoms with Crippen molar-refractivity contribution < 1.29 is 9.18 Å². The van der Waals surface area contributed by atoms with Crippen molar-refractivity contribution in [3.63, 3.8) is 0 Å². The van der Waals surface area contributed by atoms with Gasteiger partial charge in [-0.15, -0.1) is 0 Å². The number of hydrogen-bond donors (Lipinski definition) is 1. The highest BCUT2D eigenvalue weighted by atomic mass is 19.1. The Kier molecular flexibility index (Phi) is 6.43. The third-order valence-corrected chi connectivity index (χ3v) is 6.70. The average molecular weight is 436 g/mol. The lowest BCUT2D eigenvalue weighted by Gasteiger charge is -2.46. The first-order chi connectivity index (χ1) is 15.5. The highest BCUT2D eigenvalue weighted by molar-refractivity contribution is 5.77. The highest BCUT2D eigenvalue weighted by Crippen LogP contribution is 2.45. The van der Waals surface area contributed by atoms with Gasteiger partial charge in [0.2, 0.25) is 5.91 Å². The number of halogens is 1. The van der Waals surface area contributed by atoms with Gasteiger partial charge in [-0.3, -0.25) is 4.79 Å². The second-order valence-electron chi connectivity index (χ2n) is 8.90. The van der Waals surface area contributed by atoms with Crippen LogP contribution in [0, 0.1) is 17.1 Å². The summed E-state index contributed by atoms with van der Waals surface area (Å²) < 4.78 is 13.2. The number of carbonyl (C=O) groups is 1. The van der Waals surface area contributed by atoms with E-state index >= 15 is 0 Å². The quantitative estimate of drug-likeness (QED) is 0.720. The SMILES string of the molecule is CCC1CN(C(=O)CCNC2(c3ccc(F)cc3)CC2)CC(C)N1c1ccc(C#N)cn1. The van der Waals surface area contributed by atoms with Gasteiger partial charge in [0, 0.05) is 49.9 Å². The van der Waals surface area contributed by atoms with Crippen molar-refractivity contribution in [3.05, 3.63) is 59.5 Å². The van der Waals surface area contributed by atoms with Crippen LogP contribution in [0.1, 0.15) is 50.7 Å². The third-order valence-electron chi connectivity index (χ3n) is 6.70. The van der Waals surface area contributed by atoms with Gasteiger partial charge in [0.15, 0.2) is 0 Å². The van der Waals surface area contributed by atoms with Crippen molar-refractivity contribution in [2.24, 2.45) is 0 Å². The Morgan fingerprint density at radius 3 is 2.59 bits per heavy atom. The molecular weight excluding hydrogens is 405 g/mol. The van der Waals surface area contributed by atoms with Crippen molar-refractivity contribution in [2.75, 3.05) is 24.5 Å². The Morgan fingerprint density at radius 2 is 2.00 bits per heavy atom. The molecule has 1 saturated carbocycles. The van der Waals surface area contributed by atoms with Crippen LogP contribution in [0.3, 0.4) is 0 Å². The van der Waals surface area contributed by atoms with Crippen LogP contribution >= 0.6 is 0 Å². The number of piperazine rings is 1. The van der Waals surface area contributed by atoms with Crippen LogP contribution in [0.2, 0.25) is 0 Å². The summed E-state index contributed by atoms with van der Waals surface area (Å²) in [4.78, 5) is 21.7. The van der Waals surface area contributed by atoms with Gasteiger partial charge in [0.05, 0.1) is 5.56 Å². The maximum atomic E-state index is 13.2. The van der Waals surface area contributed by atoms with E-state index in [4.69, 9.17) is 5.26 Å². The van der Waals surface area contributed by atoms with Crippen molar-refractivity contribution in [3.8, 4) is 6.07 Å². The molecule has 1 aromatic carbocycles. The topological polar surface area (TPSA) is 72.3 Å². The molecule has 1 amide bonds. The minimum Gasteiger partial charge on any atom is -0.347 e. The molecule has 2 unspecified atom stereocenters. The Bertz CT molecular complexity index is 981. The van der Waals surface area contributed by atoms with E-state index in [0.29, 0.717) is 31.6 Å². The number of nitriles is 1. The van der Waals surface area contributed by atoms with Gasteiger partial charge in [0.25, 0.3) is 0 Å². The molecule has 1 aromatic heterocycles. The molecule has 4 rings (SSSR count). The van der Waals surface area contributed by atoms with Crippen LogP contribution in [0.25, 0.3) is 0 Å². The number of benzene rings is 1. The summed E-state index contributed by atoms with van der Waals surface area (Å²) in [7, 11) is 0. The number of aromatic nitrogens is 1. The van der Waals surface area contributed by atoms with Gasteiger partial charge in [0.1, 0.15) is 17.7 Å². The molecule has 0 radical (unpaired) electrons. The first-order valence-corrected chi connectivity index (χ1v) is 11.4. The molecule has 1 aliphatic carbocycles. The molecule has 32 heavy (non-hydrogen) atoms. The molecule has 1 saturated heterocycles. The third kappa shape index (κ3) is 4.61. The molecule has 0 spiro atoms. The van der Waals surface area contributed by atoms with E-state index in [1.807, 2.05) is 23.1 Å². The van der Waals surface area contributed by atoms with Crippen molar-refractivity contribution in [2.45, 2.75) is 57.2 Å². The van der Waals surface area contributed by atoms with E-state index in [0.717, 1.165) is 30.6 Å². The van der Waals surface area contributed by atoms with Crippen LogP contribution < -0.4 is 10.2 Å². The lowest BCUT2D eigenvalue weighted by atomic mass is 10.0. The largest absolute Gasteiger partial charge is 0.347 e. The summed E-state index contributed by atoms with van der Waals surface area (Å²) in [6.07, 6.45) is 4.98. The zero-order chi connectivity index (χ0) is 22.7. The van der Waals surface area contributed by atoms with E-state index in [9.17, 15) is 9.18 Å². The van der Waals surface area contributed by atoms with E-state index in [2.05, 4.69) is 35.1 Å². The van der Waals surface area contributed by atoms with E-state index in [1.54, 1.807) is 12.3 Å². The summed E-state index contributed by atoms with van der Waals surface area (Å²) in [6, 6.07) is 12.8.